The SMILES string of the molecule is O=C(NCCc1ccccc1Cl)C1CCN(c2nc3cccnc3s2)CC1. The Kier molecular flexibility index (Phi) is 5.55. The number of thiazole rings is 1. The summed E-state index contributed by atoms with van der Waals surface area (Å²) in [6.45, 7) is 2.32. The van der Waals surface area contributed by atoms with Gasteiger partial charge in [0.2, 0.25) is 5.91 Å². The highest BCUT2D eigenvalue weighted by molar-refractivity contribution is 7.21. The largest absolute Gasteiger partial charge is 0.356 e. The van der Waals surface area contributed by atoms with Crippen molar-refractivity contribution in [2.24, 2.45) is 5.92 Å². The minimum Gasteiger partial charge on any atom is -0.356 e. The molecule has 1 amide bonds. The molecule has 5 nitrogen and oxygen atoms in total. The van der Waals surface area contributed by atoms with Crippen LogP contribution in [0.4, 0.5) is 5.13 Å². The Balaban J connectivity index is 1.27. The van der Waals surface area contributed by atoms with Crippen molar-refractivity contribution in [3.8, 4) is 0 Å². The molecule has 0 bridgehead atoms. The van der Waals surface area contributed by atoms with Gasteiger partial charge in [0.1, 0.15) is 10.3 Å². The van der Waals surface area contributed by atoms with Crippen LogP contribution in [0.25, 0.3) is 10.3 Å². The zero-order chi connectivity index (χ0) is 18.6. The maximum Gasteiger partial charge on any atom is 0.223 e. The molecule has 1 aliphatic heterocycles. The van der Waals surface area contributed by atoms with Crippen molar-refractivity contribution >= 4 is 44.3 Å². The van der Waals surface area contributed by atoms with E-state index in [0.717, 1.165) is 58.4 Å². The van der Waals surface area contributed by atoms with Gasteiger partial charge in [0.15, 0.2) is 5.13 Å². The van der Waals surface area contributed by atoms with Crippen molar-refractivity contribution in [1.29, 1.82) is 0 Å². The van der Waals surface area contributed by atoms with Crippen LogP contribution < -0.4 is 10.2 Å². The maximum atomic E-state index is 12.5. The molecule has 140 valence electrons. The summed E-state index contributed by atoms with van der Waals surface area (Å²) in [4.78, 5) is 24.7. The number of hydrogen-bond acceptors (Lipinski definition) is 5. The van der Waals surface area contributed by atoms with E-state index in [1.54, 1.807) is 17.5 Å². The van der Waals surface area contributed by atoms with Crippen LogP contribution in [0.3, 0.4) is 0 Å². The second-order valence-electron chi connectivity index (χ2n) is 6.72. The van der Waals surface area contributed by atoms with E-state index in [9.17, 15) is 4.79 Å². The van der Waals surface area contributed by atoms with Gasteiger partial charge in [-0.3, -0.25) is 4.79 Å². The van der Waals surface area contributed by atoms with Gasteiger partial charge >= 0.3 is 0 Å². The van der Waals surface area contributed by atoms with Gasteiger partial charge in [0.25, 0.3) is 0 Å². The minimum atomic E-state index is 0.0694. The number of piperidine rings is 1. The summed E-state index contributed by atoms with van der Waals surface area (Å²) in [5.41, 5.74) is 2.01. The highest BCUT2D eigenvalue weighted by Gasteiger charge is 2.26. The van der Waals surface area contributed by atoms with Crippen LogP contribution in [-0.4, -0.2) is 35.5 Å². The fraction of sp³-hybridized carbons (Fsp3) is 0.350. The number of amides is 1. The lowest BCUT2D eigenvalue weighted by Gasteiger charge is -2.31. The lowest BCUT2D eigenvalue weighted by atomic mass is 9.96. The molecule has 1 aromatic carbocycles. The zero-order valence-electron chi connectivity index (χ0n) is 14.9. The molecule has 0 atom stereocenters. The summed E-state index contributed by atoms with van der Waals surface area (Å²) in [6, 6.07) is 11.7. The Labute approximate surface area is 167 Å². The van der Waals surface area contributed by atoms with Crippen molar-refractivity contribution < 1.29 is 4.79 Å². The zero-order valence-corrected chi connectivity index (χ0v) is 16.5. The number of benzene rings is 1. The molecule has 1 fully saturated rings. The molecule has 3 aromatic rings. The molecule has 3 heterocycles. The summed E-state index contributed by atoms with van der Waals surface area (Å²) in [5.74, 6) is 0.215. The molecule has 2 aromatic heterocycles. The summed E-state index contributed by atoms with van der Waals surface area (Å²) < 4.78 is 0. The Hall–Kier alpha value is -2.18. The molecule has 1 aliphatic rings. The Morgan fingerprint density at radius 3 is 2.81 bits per heavy atom. The first-order chi connectivity index (χ1) is 13.2. The van der Waals surface area contributed by atoms with E-state index in [1.165, 1.54) is 0 Å². The van der Waals surface area contributed by atoms with Crippen molar-refractivity contribution in [3.63, 3.8) is 0 Å². The van der Waals surface area contributed by atoms with Gasteiger partial charge in [0, 0.05) is 36.8 Å². The van der Waals surface area contributed by atoms with Gasteiger partial charge in [-0.2, -0.15) is 0 Å². The number of fused-ring (bicyclic) bond motifs is 1. The molecule has 1 N–H and O–H groups in total. The van der Waals surface area contributed by atoms with E-state index in [4.69, 9.17) is 11.6 Å². The number of pyridine rings is 1. The topological polar surface area (TPSA) is 58.1 Å². The fourth-order valence-corrected chi connectivity index (χ4v) is 4.58. The summed E-state index contributed by atoms with van der Waals surface area (Å²) in [6.07, 6.45) is 4.25. The smallest absolute Gasteiger partial charge is 0.223 e. The molecule has 0 aliphatic carbocycles. The normalized spacial score (nSPS) is 15.2. The number of carbonyl (C=O) groups excluding carboxylic acids is 1. The third-order valence-corrected chi connectivity index (χ3v) is 6.35. The monoisotopic (exact) mass is 400 g/mol. The Bertz CT molecular complexity index is 903. The summed E-state index contributed by atoms with van der Waals surface area (Å²) >= 11 is 7.78. The standard InChI is InChI=1S/C20H21ClN4OS/c21-16-5-2-1-4-14(16)7-11-22-18(26)15-8-12-25(13-9-15)20-24-17-6-3-10-23-19(17)27-20/h1-6,10,15H,7-9,11-13H2,(H,22,26). The van der Waals surface area contributed by atoms with Crippen LogP contribution in [0.5, 0.6) is 0 Å². The van der Waals surface area contributed by atoms with Crippen molar-refractivity contribution in [2.75, 3.05) is 24.5 Å². The molecule has 1 saturated heterocycles. The number of anilines is 1. The third kappa shape index (κ3) is 4.22. The van der Waals surface area contributed by atoms with Gasteiger partial charge in [-0.1, -0.05) is 41.1 Å². The first-order valence-electron chi connectivity index (χ1n) is 9.18. The van der Waals surface area contributed by atoms with Gasteiger partial charge in [-0.05, 0) is 43.0 Å². The molecule has 0 radical (unpaired) electrons. The summed E-state index contributed by atoms with van der Waals surface area (Å²) in [7, 11) is 0. The molecular formula is C20H21ClN4OS. The number of rotatable bonds is 5. The quantitative estimate of drug-likeness (QED) is 0.705. The van der Waals surface area contributed by atoms with Crippen LogP contribution in [0, 0.1) is 5.92 Å². The first-order valence-corrected chi connectivity index (χ1v) is 10.4. The number of nitrogens with one attached hydrogen (secondary N) is 1. The van der Waals surface area contributed by atoms with Gasteiger partial charge in [-0.15, -0.1) is 0 Å². The second kappa shape index (κ2) is 8.23. The summed E-state index contributed by atoms with van der Waals surface area (Å²) in [5, 5.41) is 4.82. The number of nitrogens with zero attached hydrogens (tertiary/aromatic N) is 3. The molecule has 4 rings (SSSR count). The predicted octanol–water partition coefficient (Wildman–Crippen LogP) is 3.92. The highest BCUT2D eigenvalue weighted by atomic mass is 35.5. The molecule has 0 spiro atoms. The van der Waals surface area contributed by atoms with Gasteiger partial charge in [0.05, 0.1) is 0 Å². The number of carbonyl (C=O) groups is 1. The van der Waals surface area contributed by atoms with Crippen molar-refractivity contribution in [3.05, 3.63) is 53.2 Å². The number of aromatic nitrogens is 2. The number of halogens is 1. The van der Waals surface area contributed by atoms with Gasteiger partial charge in [-0.25, -0.2) is 9.97 Å². The fourth-order valence-electron chi connectivity index (χ4n) is 3.39. The maximum absolute atomic E-state index is 12.5. The van der Waals surface area contributed by atoms with E-state index in [1.807, 2.05) is 36.4 Å². The second-order valence-corrected chi connectivity index (χ2v) is 8.08. The third-order valence-electron chi connectivity index (χ3n) is 4.94. The van der Waals surface area contributed by atoms with E-state index in [0.29, 0.717) is 6.54 Å². The van der Waals surface area contributed by atoms with Crippen molar-refractivity contribution in [2.45, 2.75) is 19.3 Å². The average molecular weight is 401 g/mol. The lowest BCUT2D eigenvalue weighted by molar-refractivity contribution is -0.125. The molecular weight excluding hydrogens is 380 g/mol. The van der Waals surface area contributed by atoms with Crippen molar-refractivity contribution in [1.82, 2.24) is 15.3 Å². The van der Waals surface area contributed by atoms with E-state index < -0.39 is 0 Å². The van der Waals surface area contributed by atoms with Gasteiger partial charge < -0.3 is 10.2 Å². The highest BCUT2D eigenvalue weighted by Crippen LogP contribution is 2.30. The van der Waals surface area contributed by atoms with E-state index in [-0.39, 0.29) is 11.8 Å². The first kappa shape index (κ1) is 18.2. The van der Waals surface area contributed by atoms with Crippen LogP contribution in [0.15, 0.2) is 42.6 Å². The van der Waals surface area contributed by atoms with Crippen LogP contribution in [0.2, 0.25) is 5.02 Å². The Morgan fingerprint density at radius 2 is 2.04 bits per heavy atom. The van der Waals surface area contributed by atoms with Crippen LogP contribution >= 0.6 is 22.9 Å². The van der Waals surface area contributed by atoms with Crippen LogP contribution in [0.1, 0.15) is 18.4 Å². The van der Waals surface area contributed by atoms with Crippen LogP contribution in [-0.2, 0) is 11.2 Å². The predicted molar refractivity (Wildman–Crippen MR) is 111 cm³/mol. The molecule has 0 saturated carbocycles. The number of hydrogen-bond donors (Lipinski definition) is 1. The molecule has 7 heteroatoms. The van der Waals surface area contributed by atoms with E-state index in [2.05, 4.69) is 20.2 Å². The molecule has 0 unspecified atom stereocenters. The minimum absolute atomic E-state index is 0.0694. The Morgan fingerprint density at radius 1 is 1.22 bits per heavy atom. The lowest BCUT2D eigenvalue weighted by Crippen LogP contribution is -2.41. The molecule has 27 heavy (non-hydrogen) atoms. The average Bonchev–Trinajstić information content (AvgIpc) is 3.14. The van der Waals surface area contributed by atoms with E-state index >= 15 is 0 Å².